The van der Waals surface area contributed by atoms with Crippen molar-refractivity contribution in [2.45, 2.75) is 81.7 Å². The third-order valence-corrected chi connectivity index (χ3v) is 8.89. The van der Waals surface area contributed by atoms with E-state index < -0.39 is 28.9 Å². The van der Waals surface area contributed by atoms with Crippen LogP contribution in [0.25, 0.3) is 0 Å². The van der Waals surface area contributed by atoms with Crippen molar-refractivity contribution in [2.75, 3.05) is 13.1 Å². The quantitative estimate of drug-likeness (QED) is 0.468. The van der Waals surface area contributed by atoms with Gasteiger partial charge in [-0.05, 0) is 80.3 Å². The molecule has 1 unspecified atom stereocenters. The van der Waals surface area contributed by atoms with Crippen molar-refractivity contribution < 1.29 is 31.5 Å². The van der Waals surface area contributed by atoms with Crippen molar-refractivity contribution in [1.29, 1.82) is 0 Å². The standard InChI is InChI=1S/C29H31F5N2O2/c1-3-35-23(11-13-25(35)37)26(38)36-15-14-28(17-18-4-8-21(30)9-5-18)22-10-7-20(27(2,31)29(32,33)34)16-19(22)6-12-24(28)36/h4-5,7-10,16,23-24H,3,6,11-15,17H2,1-2H3/t23-,24+,27?,28+/m0/s1. The molecule has 2 aliphatic heterocycles. The zero-order valence-electron chi connectivity index (χ0n) is 21.5. The van der Waals surface area contributed by atoms with Gasteiger partial charge in [-0.1, -0.05) is 30.3 Å². The number of carbonyl (C=O) groups excluding carboxylic acids is 2. The second kappa shape index (κ2) is 9.35. The van der Waals surface area contributed by atoms with Crippen molar-refractivity contribution in [1.82, 2.24) is 9.80 Å². The van der Waals surface area contributed by atoms with E-state index in [0.717, 1.165) is 11.1 Å². The Morgan fingerprint density at radius 1 is 1.05 bits per heavy atom. The zero-order chi connectivity index (χ0) is 27.5. The molecule has 38 heavy (non-hydrogen) atoms. The maximum Gasteiger partial charge on any atom is 0.426 e. The number of alkyl halides is 4. The first-order chi connectivity index (χ1) is 17.9. The van der Waals surface area contributed by atoms with Gasteiger partial charge >= 0.3 is 6.18 Å². The molecule has 0 spiro atoms. The van der Waals surface area contributed by atoms with Gasteiger partial charge in [0.25, 0.3) is 0 Å². The molecule has 4 atom stereocenters. The molecule has 1 aliphatic carbocycles. The summed E-state index contributed by atoms with van der Waals surface area (Å²) in [6.07, 6.45) is -2.33. The van der Waals surface area contributed by atoms with Crippen LogP contribution in [-0.4, -0.2) is 53.0 Å². The van der Waals surface area contributed by atoms with Crippen LogP contribution in [0.5, 0.6) is 0 Å². The van der Waals surface area contributed by atoms with Crippen molar-refractivity contribution in [3.8, 4) is 0 Å². The number of halogens is 5. The topological polar surface area (TPSA) is 40.6 Å². The van der Waals surface area contributed by atoms with E-state index in [1.165, 1.54) is 24.3 Å². The summed E-state index contributed by atoms with van der Waals surface area (Å²) in [4.78, 5) is 29.5. The largest absolute Gasteiger partial charge is 0.426 e. The van der Waals surface area contributed by atoms with Crippen LogP contribution in [0.3, 0.4) is 0 Å². The number of fused-ring (bicyclic) bond motifs is 3. The minimum Gasteiger partial charge on any atom is -0.337 e. The van der Waals surface area contributed by atoms with Gasteiger partial charge in [-0.15, -0.1) is 0 Å². The fourth-order valence-corrected chi connectivity index (χ4v) is 6.83. The average Bonchev–Trinajstić information content (AvgIpc) is 3.44. The predicted octanol–water partition coefficient (Wildman–Crippen LogP) is 5.61. The Hall–Kier alpha value is -2.97. The van der Waals surface area contributed by atoms with Gasteiger partial charge in [0, 0.05) is 31.0 Å². The van der Waals surface area contributed by atoms with Crippen molar-refractivity contribution in [2.24, 2.45) is 0 Å². The molecular formula is C29H31F5N2O2. The number of hydrogen-bond acceptors (Lipinski definition) is 2. The maximum absolute atomic E-state index is 14.8. The first-order valence-electron chi connectivity index (χ1n) is 13.1. The van der Waals surface area contributed by atoms with Crippen LogP contribution >= 0.6 is 0 Å². The van der Waals surface area contributed by atoms with E-state index in [9.17, 15) is 31.5 Å². The number of nitrogens with zero attached hydrogens (tertiary/aromatic N) is 2. The van der Waals surface area contributed by atoms with Crippen LogP contribution in [0.4, 0.5) is 22.0 Å². The third kappa shape index (κ3) is 4.18. The number of carbonyl (C=O) groups is 2. The Bertz CT molecular complexity index is 1240. The Labute approximate surface area is 218 Å². The van der Waals surface area contributed by atoms with E-state index in [4.69, 9.17) is 0 Å². The summed E-state index contributed by atoms with van der Waals surface area (Å²) in [6, 6.07) is 9.47. The van der Waals surface area contributed by atoms with Gasteiger partial charge in [0.15, 0.2) is 0 Å². The maximum atomic E-state index is 14.8. The smallest absolute Gasteiger partial charge is 0.337 e. The van der Waals surface area contributed by atoms with Crippen LogP contribution < -0.4 is 0 Å². The first kappa shape index (κ1) is 26.6. The highest BCUT2D eigenvalue weighted by molar-refractivity contribution is 5.91. The summed E-state index contributed by atoms with van der Waals surface area (Å²) in [5.41, 5.74) is -2.24. The van der Waals surface area contributed by atoms with Crippen LogP contribution in [0.15, 0.2) is 42.5 Å². The molecule has 2 aromatic carbocycles. The summed E-state index contributed by atoms with van der Waals surface area (Å²) < 4.78 is 68.9. The lowest BCUT2D eigenvalue weighted by Gasteiger charge is -2.44. The lowest BCUT2D eigenvalue weighted by atomic mass is 9.63. The number of likely N-dealkylation sites (N-methyl/N-ethyl adjacent to an activating group) is 1. The highest BCUT2D eigenvalue weighted by Gasteiger charge is 2.56. The average molecular weight is 535 g/mol. The molecule has 2 amide bonds. The second-order valence-corrected chi connectivity index (χ2v) is 10.9. The minimum atomic E-state index is -5.05. The molecule has 0 radical (unpaired) electrons. The lowest BCUT2D eigenvalue weighted by Crippen LogP contribution is -2.53. The number of aryl methyl sites for hydroxylation is 1. The van der Waals surface area contributed by atoms with Gasteiger partial charge < -0.3 is 9.80 Å². The van der Waals surface area contributed by atoms with E-state index in [1.54, 1.807) is 23.1 Å². The molecular weight excluding hydrogens is 503 g/mol. The molecule has 2 aromatic rings. The van der Waals surface area contributed by atoms with E-state index in [1.807, 2.05) is 11.8 Å². The predicted molar refractivity (Wildman–Crippen MR) is 132 cm³/mol. The molecule has 9 heteroatoms. The summed E-state index contributed by atoms with van der Waals surface area (Å²) in [5.74, 6) is -0.514. The Balaban J connectivity index is 1.55. The first-order valence-corrected chi connectivity index (χ1v) is 13.1. The third-order valence-electron chi connectivity index (χ3n) is 8.89. The summed E-state index contributed by atoms with van der Waals surface area (Å²) >= 11 is 0. The van der Waals surface area contributed by atoms with Gasteiger partial charge in [0.05, 0.1) is 0 Å². The van der Waals surface area contributed by atoms with Gasteiger partial charge in [-0.2, -0.15) is 13.2 Å². The van der Waals surface area contributed by atoms with Gasteiger partial charge in [0.2, 0.25) is 17.5 Å². The van der Waals surface area contributed by atoms with Crippen LogP contribution in [-0.2, 0) is 33.5 Å². The fraction of sp³-hybridized carbons (Fsp3) is 0.517. The Morgan fingerprint density at radius 2 is 1.76 bits per heavy atom. The Kier molecular flexibility index (Phi) is 6.55. The molecule has 0 saturated carbocycles. The molecule has 0 aromatic heterocycles. The highest BCUT2D eigenvalue weighted by Crippen LogP contribution is 2.51. The summed E-state index contributed by atoms with van der Waals surface area (Å²) in [7, 11) is 0. The van der Waals surface area contributed by atoms with E-state index in [2.05, 4.69) is 0 Å². The monoisotopic (exact) mass is 534 g/mol. The number of amides is 2. The molecule has 5 rings (SSSR count). The number of rotatable bonds is 5. The molecule has 0 N–H and O–H groups in total. The van der Waals surface area contributed by atoms with Crippen molar-refractivity contribution in [3.05, 3.63) is 70.5 Å². The zero-order valence-corrected chi connectivity index (χ0v) is 21.5. The number of hydrogen-bond donors (Lipinski definition) is 0. The fourth-order valence-electron chi connectivity index (χ4n) is 6.83. The molecule has 4 nitrogen and oxygen atoms in total. The Morgan fingerprint density at radius 3 is 2.42 bits per heavy atom. The number of benzene rings is 2. The van der Waals surface area contributed by atoms with Crippen molar-refractivity contribution >= 4 is 11.8 Å². The van der Waals surface area contributed by atoms with Crippen LogP contribution in [0, 0.1) is 5.82 Å². The SMILES string of the molecule is CCN1C(=O)CC[C@H]1C(=O)N1CC[C@@]2(Cc3ccc(F)cc3)c3ccc(C(C)(F)C(F)(F)F)cc3CC[C@@H]12. The number of likely N-dealkylation sites (tertiary alicyclic amines) is 2. The minimum absolute atomic E-state index is 0.0388. The molecule has 3 aliphatic rings. The molecule has 2 heterocycles. The van der Waals surface area contributed by atoms with Gasteiger partial charge in [-0.3, -0.25) is 9.59 Å². The van der Waals surface area contributed by atoms with E-state index in [0.29, 0.717) is 64.1 Å². The molecule has 2 saturated heterocycles. The van der Waals surface area contributed by atoms with Crippen LogP contribution in [0.2, 0.25) is 0 Å². The summed E-state index contributed by atoms with van der Waals surface area (Å²) in [5, 5.41) is 0. The molecule has 0 bridgehead atoms. The molecule has 204 valence electrons. The van der Waals surface area contributed by atoms with Gasteiger partial charge in [-0.25, -0.2) is 8.78 Å². The van der Waals surface area contributed by atoms with E-state index >= 15 is 0 Å². The highest BCUT2D eigenvalue weighted by atomic mass is 19.4. The normalized spacial score (nSPS) is 26.8. The lowest BCUT2D eigenvalue weighted by molar-refractivity contribution is -0.228. The van der Waals surface area contributed by atoms with E-state index in [-0.39, 0.29) is 23.7 Å². The van der Waals surface area contributed by atoms with Crippen molar-refractivity contribution in [3.63, 3.8) is 0 Å². The van der Waals surface area contributed by atoms with Crippen LogP contribution in [0.1, 0.15) is 61.8 Å². The van der Waals surface area contributed by atoms with Gasteiger partial charge in [0.1, 0.15) is 11.9 Å². The second-order valence-electron chi connectivity index (χ2n) is 10.9. The summed E-state index contributed by atoms with van der Waals surface area (Å²) in [6.45, 7) is 3.27. The molecule has 2 fully saturated rings.